The van der Waals surface area contributed by atoms with Gasteiger partial charge in [0, 0.05) is 5.02 Å². The van der Waals surface area contributed by atoms with E-state index in [0.717, 1.165) is 12.0 Å². The van der Waals surface area contributed by atoms with Crippen molar-refractivity contribution >= 4 is 11.6 Å². The molecule has 1 unspecified atom stereocenters. The van der Waals surface area contributed by atoms with E-state index in [1.807, 2.05) is 6.92 Å². The largest absolute Gasteiger partial charge is 0.388 e. The smallest absolute Gasteiger partial charge is 0.124 e. The Hall–Kier alpha value is -0.860. The summed E-state index contributed by atoms with van der Waals surface area (Å²) in [4.78, 5) is 0. The van der Waals surface area contributed by atoms with Gasteiger partial charge in [0.2, 0.25) is 0 Å². The maximum absolute atomic E-state index is 12.8. The first-order chi connectivity index (χ1) is 7.04. The van der Waals surface area contributed by atoms with Crippen LogP contribution in [0.15, 0.2) is 30.4 Å². The predicted molar refractivity (Wildman–Crippen MR) is 60.4 cm³/mol. The zero-order chi connectivity index (χ0) is 11.4. The van der Waals surface area contributed by atoms with Crippen molar-refractivity contribution in [2.75, 3.05) is 0 Å². The van der Waals surface area contributed by atoms with Crippen LogP contribution in [0.5, 0.6) is 0 Å². The number of aliphatic hydroxyl groups excluding tert-OH is 1. The summed E-state index contributed by atoms with van der Waals surface area (Å²) in [5.41, 5.74) is 1.50. The van der Waals surface area contributed by atoms with Gasteiger partial charge in [-0.05, 0) is 30.5 Å². The van der Waals surface area contributed by atoms with Crippen LogP contribution < -0.4 is 0 Å². The molecule has 0 saturated carbocycles. The quantitative estimate of drug-likeness (QED) is 0.776. The second kappa shape index (κ2) is 5.29. The third kappa shape index (κ3) is 3.33. The van der Waals surface area contributed by atoms with Crippen molar-refractivity contribution < 1.29 is 9.50 Å². The Kier molecular flexibility index (Phi) is 4.30. The highest BCUT2D eigenvalue weighted by atomic mass is 35.5. The van der Waals surface area contributed by atoms with E-state index in [9.17, 15) is 9.50 Å². The van der Waals surface area contributed by atoms with Crippen molar-refractivity contribution in [1.29, 1.82) is 0 Å². The fourth-order valence-corrected chi connectivity index (χ4v) is 1.59. The average molecular weight is 229 g/mol. The molecule has 0 bridgehead atoms. The van der Waals surface area contributed by atoms with Crippen molar-refractivity contribution in [3.8, 4) is 0 Å². The molecule has 0 aliphatic carbocycles. The second-order valence-corrected chi connectivity index (χ2v) is 3.90. The van der Waals surface area contributed by atoms with E-state index >= 15 is 0 Å². The maximum atomic E-state index is 12.8. The Labute approximate surface area is 94.2 Å². The van der Waals surface area contributed by atoms with Gasteiger partial charge in [0.05, 0.1) is 6.10 Å². The highest BCUT2D eigenvalue weighted by molar-refractivity contribution is 6.31. The Balaban J connectivity index is 2.82. The van der Waals surface area contributed by atoms with Crippen molar-refractivity contribution in [3.05, 3.63) is 46.8 Å². The molecule has 82 valence electrons. The molecule has 1 atom stereocenters. The molecule has 1 rings (SSSR count). The second-order valence-electron chi connectivity index (χ2n) is 3.49. The van der Waals surface area contributed by atoms with Crippen molar-refractivity contribution in [2.45, 2.75) is 25.9 Å². The predicted octanol–water partition coefficient (Wildman–Crippen LogP) is 3.87. The molecule has 0 spiro atoms. The molecule has 1 aromatic rings. The summed E-state index contributed by atoms with van der Waals surface area (Å²) < 4.78 is 12.8. The number of rotatable bonds is 4. The van der Waals surface area contributed by atoms with Gasteiger partial charge in [-0.25, -0.2) is 4.39 Å². The SMILES string of the molecule is C=C(CC)CC(O)c1ccc(F)cc1Cl. The Morgan fingerprint density at radius 3 is 2.80 bits per heavy atom. The van der Waals surface area contributed by atoms with Crippen LogP contribution in [0.2, 0.25) is 5.02 Å². The minimum Gasteiger partial charge on any atom is -0.388 e. The topological polar surface area (TPSA) is 20.2 Å². The molecule has 1 nitrogen and oxygen atoms in total. The summed E-state index contributed by atoms with van der Waals surface area (Å²) in [7, 11) is 0. The van der Waals surface area contributed by atoms with Gasteiger partial charge < -0.3 is 5.11 Å². The fraction of sp³-hybridized carbons (Fsp3) is 0.333. The average Bonchev–Trinajstić information content (AvgIpc) is 2.17. The molecule has 15 heavy (non-hydrogen) atoms. The van der Waals surface area contributed by atoms with Crippen molar-refractivity contribution in [2.24, 2.45) is 0 Å². The van der Waals surface area contributed by atoms with E-state index in [1.54, 1.807) is 0 Å². The monoisotopic (exact) mass is 228 g/mol. The Bertz CT molecular complexity index is 363. The normalized spacial score (nSPS) is 12.5. The first kappa shape index (κ1) is 12.2. The van der Waals surface area contributed by atoms with Gasteiger partial charge >= 0.3 is 0 Å². The molecule has 0 aliphatic rings. The van der Waals surface area contributed by atoms with Gasteiger partial charge in [0.25, 0.3) is 0 Å². The molecule has 0 saturated heterocycles. The number of benzene rings is 1. The van der Waals surface area contributed by atoms with Gasteiger partial charge in [-0.1, -0.05) is 36.7 Å². The number of hydrogen-bond donors (Lipinski definition) is 1. The molecular weight excluding hydrogens is 215 g/mol. The standard InChI is InChI=1S/C12H14ClFO/c1-3-8(2)6-12(15)10-5-4-9(14)7-11(10)13/h4-5,7,12,15H,2-3,6H2,1H3. The molecule has 0 amide bonds. The zero-order valence-corrected chi connectivity index (χ0v) is 9.39. The number of aliphatic hydroxyl groups is 1. The lowest BCUT2D eigenvalue weighted by Crippen LogP contribution is -2.00. The molecule has 1 aromatic carbocycles. The van der Waals surface area contributed by atoms with E-state index in [1.165, 1.54) is 18.2 Å². The van der Waals surface area contributed by atoms with E-state index in [4.69, 9.17) is 11.6 Å². The molecule has 0 aromatic heterocycles. The van der Waals surface area contributed by atoms with E-state index in [-0.39, 0.29) is 5.02 Å². The van der Waals surface area contributed by atoms with E-state index in [2.05, 4.69) is 6.58 Å². The summed E-state index contributed by atoms with van der Waals surface area (Å²) in [6.07, 6.45) is 0.572. The highest BCUT2D eigenvalue weighted by Crippen LogP contribution is 2.28. The van der Waals surface area contributed by atoms with Gasteiger partial charge in [-0.3, -0.25) is 0 Å². The van der Waals surface area contributed by atoms with Crippen LogP contribution in [-0.2, 0) is 0 Å². The minimum atomic E-state index is -0.703. The Morgan fingerprint density at radius 1 is 1.60 bits per heavy atom. The summed E-state index contributed by atoms with van der Waals surface area (Å²) in [5.74, 6) is -0.398. The zero-order valence-electron chi connectivity index (χ0n) is 8.63. The summed E-state index contributed by atoms with van der Waals surface area (Å²) >= 11 is 5.82. The lowest BCUT2D eigenvalue weighted by Gasteiger charge is -2.13. The van der Waals surface area contributed by atoms with Crippen LogP contribution in [0.25, 0.3) is 0 Å². The lowest BCUT2D eigenvalue weighted by atomic mass is 10.0. The molecule has 0 fully saturated rings. The van der Waals surface area contributed by atoms with Crippen LogP contribution >= 0.6 is 11.6 Å². The minimum absolute atomic E-state index is 0.256. The molecule has 0 heterocycles. The summed E-state index contributed by atoms with van der Waals surface area (Å²) in [6, 6.07) is 4.00. The third-order valence-corrected chi connectivity index (χ3v) is 2.63. The van der Waals surface area contributed by atoms with E-state index < -0.39 is 11.9 Å². The van der Waals surface area contributed by atoms with Crippen molar-refractivity contribution in [1.82, 2.24) is 0 Å². The van der Waals surface area contributed by atoms with Crippen molar-refractivity contribution in [3.63, 3.8) is 0 Å². The molecule has 1 N–H and O–H groups in total. The molecule has 0 radical (unpaired) electrons. The van der Waals surface area contributed by atoms with Gasteiger partial charge in [-0.15, -0.1) is 0 Å². The number of hydrogen-bond acceptors (Lipinski definition) is 1. The van der Waals surface area contributed by atoms with Crippen LogP contribution in [0, 0.1) is 5.82 Å². The Morgan fingerprint density at radius 2 is 2.27 bits per heavy atom. The maximum Gasteiger partial charge on any atom is 0.124 e. The van der Waals surface area contributed by atoms with Gasteiger partial charge in [0.1, 0.15) is 5.82 Å². The van der Waals surface area contributed by atoms with Crippen LogP contribution in [-0.4, -0.2) is 5.11 Å². The van der Waals surface area contributed by atoms with Gasteiger partial charge in [0.15, 0.2) is 0 Å². The first-order valence-electron chi connectivity index (χ1n) is 4.84. The van der Waals surface area contributed by atoms with Crippen LogP contribution in [0.3, 0.4) is 0 Å². The molecular formula is C12H14ClFO. The number of halogens is 2. The van der Waals surface area contributed by atoms with Crippen LogP contribution in [0.1, 0.15) is 31.4 Å². The molecule has 3 heteroatoms. The van der Waals surface area contributed by atoms with Crippen LogP contribution in [0.4, 0.5) is 4.39 Å². The molecule has 0 aliphatic heterocycles. The summed E-state index contributed by atoms with van der Waals surface area (Å²) in [5, 5.41) is 10.1. The first-order valence-corrected chi connectivity index (χ1v) is 5.22. The van der Waals surface area contributed by atoms with E-state index in [0.29, 0.717) is 12.0 Å². The third-order valence-electron chi connectivity index (χ3n) is 2.30. The lowest BCUT2D eigenvalue weighted by molar-refractivity contribution is 0.177. The van der Waals surface area contributed by atoms with Gasteiger partial charge in [-0.2, -0.15) is 0 Å². The summed E-state index contributed by atoms with van der Waals surface area (Å²) in [6.45, 7) is 5.78. The fourth-order valence-electron chi connectivity index (χ4n) is 1.30. The highest BCUT2D eigenvalue weighted by Gasteiger charge is 2.12.